The van der Waals surface area contributed by atoms with E-state index in [4.69, 9.17) is 0 Å². The fourth-order valence-corrected chi connectivity index (χ4v) is 3.25. The lowest BCUT2D eigenvalue weighted by Crippen LogP contribution is -2.24. The van der Waals surface area contributed by atoms with Crippen molar-refractivity contribution in [2.24, 2.45) is 5.41 Å². The Hall–Kier alpha value is -0.340. The van der Waals surface area contributed by atoms with Crippen LogP contribution in [0.2, 0.25) is 0 Å². The van der Waals surface area contributed by atoms with E-state index in [1.807, 2.05) is 11.3 Å². The van der Waals surface area contributed by atoms with Crippen LogP contribution in [-0.4, -0.2) is 6.04 Å². The van der Waals surface area contributed by atoms with Crippen LogP contribution < -0.4 is 5.32 Å². The molecular weight excluding hydrogens is 202 g/mol. The van der Waals surface area contributed by atoms with Crippen LogP contribution in [0.15, 0.2) is 6.07 Å². The van der Waals surface area contributed by atoms with E-state index >= 15 is 0 Å². The fourth-order valence-electron chi connectivity index (χ4n) is 2.22. The second kappa shape index (κ2) is 3.60. The third-order valence-electron chi connectivity index (χ3n) is 3.51. The van der Waals surface area contributed by atoms with Gasteiger partial charge in [-0.3, -0.25) is 0 Å². The van der Waals surface area contributed by atoms with Gasteiger partial charge in [0, 0.05) is 21.8 Å². The minimum Gasteiger partial charge on any atom is -0.307 e. The molecule has 1 saturated carbocycles. The molecule has 0 saturated heterocycles. The largest absolute Gasteiger partial charge is 0.307 e. The molecule has 1 aromatic rings. The Kier molecular flexibility index (Phi) is 2.68. The van der Waals surface area contributed by atoms with Crippen molar-refractivity contribution in [2.45, 2.75) is 53.1 Å². The molecule has 2 heteroatoms. The highest BCUT2D eigenvalue weighted by Crippen LogP contribution is 2.46. The Bertz CT molecular complexity index is 365. The second-order valence-electron chi connectivity index (χ2n) is 5.50. The SMILES string of the molecule is Cc1cc(C(C)NC2CC2(C)C)c(C)s1. The predicted octanol–water partition coefficient (Wildman–Crippen LogP) is 3.81. The molecule has 0 aromatic carbocycles. The van der Waals surface area contributed by atoms with Crippen molar-refractivity contribution in [3.05, 3.63) is 21.4 Å². The van der Waals surface area contributed by atoms with Crippen LogP contribution in [0, 0.1) is 19.3 Å². The Balaban J connectivity index is 2.02. The van der Waals surface area contributed by atoms with Crippen molar-refractivity contribution in [3.8, 4) is 0 Å². The Morgan fingerprint density at radius 2 is 2.07 bits per heavy atom. The van der Waals surface area contributed by atoms with Gasteiger partial charge in [-0.15, -0.1) is 11.3 Å². The quantitative estimate of drug-likeness (QED) is 0.821. The van der Waals surface area contributed by atoms with Gasteiger partial charge in [-0.1, -0.05) is 13.8 Å². The summed E-state index contributed by atoms with van der Waals surface area (Å²) in [6, 6.07) is 3.54. The van der Waals surface area contributed by atoms with Crippen LogP contribution in [-0.2, 0) is 0 Å². The van der Waals surface area contributed by atoms with Gasteiger partial charge in [0.2, 0.25) is 0 Å². The first-order valence-electron chi connectivity index (χ1n) is 5.73. The maximum absolute atomic E-state index is 3.72. The van der Waals surface area contributed by atoms with Crippen molar-refractivity contribution in [2.75, 3.05) is 0 Å². The minimum absolute atomic E-state index is 0.502. The molecule has 84 valence electrons. The molecule has 2 unspecified atom stereocenters. The van der Waals surface area contributed by atoms with E-state index < -0.39 is 0 Å². The molecule has 2 atom stereocenters. The molecule has 2 rings (SSSR count). The van der Waals surface area contributed by atoms with E-state index in [9.17, 15) is 0 Å². The van der Waals surface area contributed by atoms with Gasteiger partial charge in [-0.05, 0) is 44.2 Å². The fraction of sp³-hybridized carbons (Fsp3) is 0.692. The topological polar surface area (TPSA) is 12.0 Å². The number of rotatable bonds is 3. The van der Waals surface area contributed by atoms with E-state index in [0.29, 0.717) is 17.5 Å². The highest BCUT2D eigenvalue weighted by molar-refractivity contribution is 7.12. The summed E-state index contributed by atoms with van der Waals surface area (Å²) in [5.74, 6) is 0. The van der Waals surface area contributed by atoms with Crippen LogP contribution in [0.5, 0.6) is 0 Å². The van der Waals surface area contributed by atoms with E-state index in [1.165, 1.54) is 21.7 Å². The number of hydrogen-bond donors (Lipinski definition) is 1. The lowest BCUT2D eigenvalue weighted by atomic mass is 10.1. The summed E-state index contributed by atoms with van der Waals surface area (Å²) in [5, 5.41) is 3.72. The maximum atomic E-state index is 3.72. The molecule has 1 aliphatic carbocycles. The molecule has 0 bridgehead atoms. The maximum Gasteiger partial charge on any atom is 0.0305 e. The zero-order valence-electron chi connectivity index (χ0n) is 10.3. The molecular formula is C13H21NS. The summed E-state index contributed by atoms with van der Waals surface area (Å²) in [4.78, 5) is 2.89. The summed E-state index contributed by atoms with van der Waals surface area (Å²) < 4.78 is 0. The first-order valence-corrected chi connectivity index (χ1v) is 6.55. The van der Waals surface area contributed by atoms with Gasteiger partial charge in [-0.25, -0.2) is 0 Å². The van der Waals surface area contributed by atoms with Crippen LogP contribution in [0.4, 0.5) is 0 Å². The van der Waals surface area contributed by atoms with E-state index in [-0.39, 0.29) is 0 Å². The Labute approximate surface area is 96.9 Å². The monoisotopic (exact) mass is 223 g/mol. The molecule has 1 N–H and O–H groups in total. The van der Waals surface area contributed by atoms with E-state index in [1.54, 1.807) is 0 Å². The molecule has 0 radical (unpaired) electrons. The van der Waals surface area contributed by atoms with Gasteiger partial charge in [0.15, 0.2) is 0 Å². The summed E-state index contributed by atoms with van der Waals surface area (Å²) in [7, 11) is 0. The third kappa shape index (κ3) is 2.26. The lowest BCUT2D eigenvalue weighted by molar-refractivity contribution is 0.491. The highest BCUT2D eigenvalue weighted by Gasteiger charge is 2.46. The first-order chi connectivity index (χ1) is 6.90. The molecule has 1 heterocycles. The van der Waals surface area contributed by atoms with Gasteiger partial charge in [0.1, 0.15) is 0 Å². The van der Waals surface area contributed by atoms with Gasteiger partial charge >= 0.3 is 0 Å². The molecule has 15 heavy (non-hydrogen) atoms. The van der Waals surface area contributed by atoms with Crippen LogP contribution in [0.3, 0.4) is 0 Å². The molecule has 0 spiro atoms. The van der Waals surface area contributed by atoms with Crippen molar-refractivity contribution in [1.82, 2.24) is 5.32 Å². The molecule has 0 amide bonds. The smallest absolute Gasteiger partial charge is 0.0305 e. The number of aryl methyl sites for hydroxylation is 2. The molecule has 0 aliphatic heterocycles. The first kappa shape index (κ1) is 11.2. The third-order valence-corrected chi connectivity index (χ3v) is 4.49. The van der Waals surface area contributed by atoms with E-state index in [0.717, 1.165) is 0 Å². The average molecular weight is 223 g/mol. The lowest BCUT2D eigenvalue weighted by Gasteiger charge is -2.15. The molecule has 1 nitrogen and oxygen atoms in total. The highest BCUT2D eigenvalue weighted by atomic mass is 32.1. The zero-order valence-corrected chi connectivity index (χ0v) is 11.2. The summed E-state index contributed by atoms with van der Waals surface area (Å²) in [6.45, 7) is 11.4. The van der Waals surface area contributed by atoms with Gasteiger partial charge < -0.3 is 5.32 Å². The number of thiophene rings is 1. The van der Waals surface area contributed by atoms with Crippen molar-refractivity contribution in [1.29, 1.82) is 0 Å². The minimum atomic E-state index is 0.502. The van der Waals surface area contributed by atoms with E-state index in [2.05, 4.69) is 46.0 Å². The van der Waals surface area contributed by atoms with Gasteiger partial charge in [0.25, 0.3) is 0 Å². The van der Waals surface area contributed by atoms with Crippen LogP contribution in [0.1, 0.15) is 48.6 Å². The number of nitrogens with one attached hydrogen (secondary N) is 1. The van der Waals surface area contributed by atoms with Gasteiger partial charge in [0.05, 0.1) is 0 Å². The summed E-state index contributed by atoms with van der Waals surface area (Å²) >= 11 is 1.90. The Morgan fingerprint density at radius 1 is 1.47 bits per heavy atom. The normalized spacial score (nSPS) is 25.3. The zero-order chi connectivity index (χ0) is 11.2. The van der Waals surface area contributed by atoms with Crippen molar-refractivity contribution < 1.29 is 0 Å². The molecule has 1 aliphatic rings. The Morgan fingerprint density at radius 3 is 2.47 bits per heavy atom. The second-order valence-corrected chi connectivity index (χ2v) is 6.96. The van der Waals surface area contributed by atoms with Crippen molar-refractivity contribution >= 4 is 11.3 Å². The molecule has 1 aromatic heterocycles. The summed E-state index contributed by atoms with van der Waals surface area (Å²) in [5.41, 5.74) is 2.01. The van der Waals surface area contributed by atoms with Crippen LogP contribution in [0.25, 0.3) is 0 Å². The number of hydrogen-bond acceptors (Lipinski definition) is 2. The predicted molar refractivity (Wildman–Crippen MR) is 67.5 cm³/mol. The van der Waals surface area contributed by atoms with Crippen LogP contribution >= 0.6 is 11.3 Å². The summed E-state index contributed by atoms with van der Waals surface area (Å²) in [6.07, 6.45) is 1.32. The van der Waals surface area contributed by atoms with Crippen molar-refractivity contribution in [3.63, 3.8) is 0 Å². The molecule has 1 fully saturated rings. The standard InChI is InChI=1S/C13H21NS/c1-8-6-11(10(3)15-8)9(2)14-12-7-13(12,4)5/h6,9,12,14H,7H2,1-5H3. The average Bonchev–Trinajstić information content (AvgIpc) is 2.53. The van der Waals surface area contributed by atoms with Gasteiger partial charge in [-0.2, -0.15) is 0 Å².